The number of ketones is 1. The molecular weight excluding hydrogens is 516 g/mol. The number of pyridine rings is 1. The van der Waals surface area contributed by atoms with Crippen LogP contribution in [0.4, 0.5) is 0 Å². The van der Waals surface area contributed by atoms with E-state index in [1.54, 1.807) is 60.9 Å². The SMILES string of the molecule is CCOc1cccc(C(O)=C2C(=O)C(=O)N(Cc3ccncc3)C2c2cc(Br)c(O)c(OC)c2)c1. The van der Waals surface area contributed by atoms with Crippen molar-refractivity contribution in [3.8, 4) is 17.2 Å². The fourth-order valence-corrected chi connectivity index (χ4v) is 4.50. The lowest BCUT2D eigenvalue weighted by Crippen LogP contribution is -2.29. The summed E-state index contributed by atoms with van der Waals surface area (Å²) < 4.78 is 11.1. The van der Waals surface area contributed by atoms with Crippen molar-refractivity contribution in [3.05, 3.63) is 87.7 Å². The number of phenols is 1. The van der Waals surface area contributed by atoms with Crippen LogP contribution in [0.15, 0.2) is 71.0 Å². The molecule has 1 amide bonds. The lowest BCUT2D eigenvalue weighted by atomic mass is 9.94. The molecular formula is C26H23BrN2O6. The largest absolute Gasteiger partial charge is 0.507 e. The number of aliphatic hydroxyl groups is 1. The maximum atomic E-state index is 13.3. The molecule has 3 aromatic rings. The van der Waals surface area contributed by atoms with Crippen LogP contribution in [0.1, 0.15) is 29.7 Å². The van der Waals surface area contributed by atoms with Gasteiger partial charge in [0, 0.05) is 24.5 Å². The summed E-state index contributed by atoms with van der Waals surface area (Å²) in [7, 11) is 1.40. The summed E-state index contributed by atoms with van der Waals surface area (Å²) in [6.07, 6.45) is 3.20. The van der Waals surface area contributed by atoms with Crippen molar-refractivity contribution in [2.24, 2.45) is 0 Å². The predicted octanol–water partition coefficient (Wildman–Crippen LogP) is 4.58. The second-order valence-corrected chi connectivity index (χ2v) is 8.65. The molecule has 1 aromatic heterocycles. The fraction of sp³-hybridized carbons (Fsp3) is 0.192. The molecule has 1 aliphatic rings. The second-order valence-electron chi connectivity index (χ2n) is 7.80. The van der Waals surface area contributed by atoms with Gasteiger partial charge in [-0.15, -0.1) is 0 Å². The van der Waals surface area contributed by atoms with Crippen molar-refractivity contribution in [3.63, 3.8) is 0 Å². The zero-order chi connectivity index (χ0) is 25.1. The van der Waals surface area contributed by atoms with Crippen LogP contribution in [-0.2, 0) is 16.1 Å². The number of phenolic OH excluding ortho intramolecular Hbond substituents is 1. The standard InChI is InChI=1S/C26H23BrN2O6/c1-3-35-18-6-4-5-16(11-18)23(30)21-22(17-12-19(27)24(31)20(13-17)34-2)29(26(33)25(21)32)14-15-7-9-28-10-8-15/h4-13,22,30-31H,3,14H2,1-2H3. The van der Waals surface area contributed by atoms with Gasteiger partial charge in [-0.25, -0.2) is 0 Å². The van der Waals surface area contributed by atoms with Crippen molar-refractivity contribution in [2.45, 2.75) is 19.5 Å². The van der Waals surface area contributed by atoms with E-state index >= 15 is 0 Å². The summed E-state index contributed by atoms with van der Waals surface area (Å²) in [5, 5.41) is 21.6. The molecule has 1 aliphatic heterocycles. The number of Topliss-reactive ketones (excluding diaryl/α,β-unsaturated/α-hetero) is 1. The molecule has 8 nitrogen and oxygen atoms in total. The minimum absolute atomic E-state index is 0.0719. The number of ether oxygens (including phenoxy) is 2. The number of rotatable bonds is 7. The van der Waals surface area contributed by atoms with Gasteiger partial charge >= 0.3 is 0 Å². The van der Waals surface area contributed by atoms with Gasteiger partial charge in [0.25, 0.3) is 11.7 Å². The van der Waals surface area contributed by atoms with Crippen LogP contribution < -0.4 is 9.47 Å². The maximum Gasteiger partial charge on any atom is 0.295 e. The molecule has 1 unspecified atom stereocenters. The molecule has 0 radical (unpaired) electrons. The number of hydrogen-bond acceptors (Lipinski definition) is 7. The minimum Gasteiger partial charge on any atom is -0.507 e. The summed E-state index contributed by atoms with van der Waals surface area (Å²) in [5.41, 5.74) is 1.50. The third-order valence-corrected chi connectivity index (χ3v) is 6.25. The molecule has 1 saturated heterocycles. The molecule has 2 N–H and O–H groups in total. The van der Waals surface area contributed by atoms with E-state index in [-0.39, 0.29) is 29.4 Å². The quantitative estimate of drug-likeness (QED) is 0.257. The molecule has 0 aliphatic carbocycles. The summed E-state index contributed by atoms with van der Waals surface area (Å²) in [6.45, 7) is 2.38. The first-order chi connectivity index (χ1) is 16.8. The van der Waals surface area contributed by atoms with Gasteiger partial charge in [-0.3, -0.25) is 14.6 Å². The van der Waals surface area contributed by atoms with E-state index in [0.29, 0.717) is 28.0 Å². The van der Waals surface area contributed by atoms with Crippen LogP contribution in [0, 0.1) is 0 Å². The Morgan fingerprint density at radius 3 is 2.57 bits per heavy atom. The van der Waals surface area contributed by atoms with Crippen LogP contribution in [0.25, 0.3) is 5.76 Å². The Kier molecular flexibility index (Phi) is 7.07. The number of aromatic hydroxyl groups is 1. The number of methoxy groups -OCH3 is 1. The number of amides is 1. The van der Waals surface area contributed by atoms with Crippen molar-refractivity contribution >= 4 is 33.4 Å². The van der Waals surface area contributed by atoms with E-state index in [9.17, 15) is 19.8 Å². The molecule has 2 aromatic carbocycles. The zero-order valence-corrected chi connectivity index (χ0v) is 20.7. The Hall–Kier alpha value is -3.85. The van der Waals surface area contributed by atoms with Crippen molar-refractivity contribution in [1.29, 1.82) is 0 Å². The van der Waals surface area contributed by atoms with E-state index in [1.165, 1.54) is 12.0 Å². The Morgan fingerprint density at radius 2 is 1.89 bits per heavy atom. The third kappa shape index (κ3) is 4.72. The van der Waals surface area contributed by atoms with Crippen LogP contribution >= 0.6 is 15.9 Å². The molecule has 180 valence electrons. The molecule has 0 bridgehead atoms. The highest BCUT2D eigenvalue weighted by atomic mass is 79.9. The molecule has 9 heteroatoms. The number of aliphatic hydroxyl groups excluding tert-OH is 1. The number of halogens is 1. The number of hydrogen-bond donors (Lipinski definition) is 2. The van der Waals surface area contributed by atoms with Gasteiger partial charge in [-0.2, -0.15) is 0 Å². The number of benzene rings is 2. The monoisotopic (exact) mass is 538 g/mol. The first kappa shape index (κ1) is 24.3. The highest BCUT2D eigenvalue weighted by molar-refractivity contribution is 9.10. The van der Waals surface area contributed by atoms with Gasteiger partial charge in [0.1, 0.15) is 11.5 Å². The van der Waals surface area contributed by atoms with Crippen molar-refractivity contribution in [2.75, 3.05) is 13.7 Å². The van der Waals surface area contributed by atoms with E-state index in [4.69, 9.17) is 9.47 Å². The Labute approximate surface area is 210 Å². The lowest BCUT2D eigenvalue weighted by Gasteiger charge is -2.26. The van der Waals surface area contributed by atoms with Gasteiger partial charge in [-0.1, -0.05) is 12.1 Å². The maximum absolute atomic E-state index is 13.3. The zero-order valence-electron chi connectivity index (χ0n) is 19.1. The van der Waals surface area contributed by atoms with E-state index < -0.39 is 17.7 Å². The first-order valence-corrected chi connectivity index (χ1v) is 11.6. The summed E-state index contributed by atoms with van der Waals surface area (Å²) in [4.78, 5) is 31.9. The first-order valence-electron chi connectivity index (χ1n) is 10.8. The van der Waals surface area contributed by atoms with Crippen molar-refractivity contribution in [1.82, 2.24) is 9.88 Å². The number of nitrogens with zero attached hydrogens (tertiary/aromatic N) is 2. The number of aromatic nitrogens is 1. The predicted molar refractivity (Wildman–Crippen MR) is 132 cm³/mol. The van der Waals surface area contributed by atoms with Gasteiger partial charge in [0.15, 0.2) is 11.5 Å². The second kappa shape index (κ2) is 10.2. The molecule has 2 heterocycles. The topological polar surface area (TPSA) is 109 Å². The number of carbonyl (C=O) groups is 2. The van der Waals surface area contributed by atoms with E-state index in [1.807, 2.05) is 6.92 Å². The Balaban J connectivity index is 1.91. The highest BCUT2D eigenvalue weighted by Crippen LogP contribution is 2.45. The average Bonchev–Trinajstić information content (AvgIpc) is 3.11. The van der Waals surface area contributed by atoms with E-state index in [0.717, 1.165) is 5.56 Å². The van der Waals surface area contributed by atoms with Crippen molar-refractivity contribution < 1.29 is 29.3 Å². The van der Waals surface area contributed by atoms with Crippen LogP contribution in [-0.4, -0.2) is 45.5 Å². The van der Waals surface area contributed by atoms with Gasteiger partial charge in [0.05, 0.1) is 29.8 Å². The normalized spacial score (nSPS) is 17.0. The molecule has 1 fully saturated rings. The van der Waals surface area contributed by atoms with E-state index in [2.05, 4.69) is 20.9 Å². The summed E-state index contributed by atoms with van der Waals surface area (Å²) in [5.74, 6) is -1.33. The molecule has 35 heavy (non-hydrogen) atoms. The van der Waals surface area contributed by atoms with Crippen LogP contribution in [0.5, 0.6) is 17.2 Å². The third-order valence-electron chi connectivity index (χ3n) is 5.65. The lowest BCUT2D eigenvalue weighted by molar-refractivity contribution is -0.140. The highest BCUT2D eigenvalue weighted by Gasteiger charge is 2.46. The smallest absolute Gasteiger partial charge is 0.295 e. The Bertz CT molecular complexity index is 1310. The molecule has 0 saturated carbocycles. The molecule has 0 spiro atoms. The average molecular weight is 539 g/mol. The molecule has 1 atom stereocenters. The minimum atomic E-state index is -0.940. The Morgan fingerprint density at radius 1 is 1.14 bits per heavy atom. The van der Waals surface area contributed by atoms with Crippen LogP contribution in [0.3, 0.4) is 0 Å². The van der Waals surface area contributed by atoms with Gasteiger partial charge in [-0.05, 0) is 70.4 Å². The fourth-order valence-electron chi connectivity index (χ4n) is 4.04. The van der Waals surface area contributed by atoms with Gasteiger partial charge < -0.3 is 24.6 Å². The summed E-state index contributed by atoms with van der Waals surface area (Å²) in [6, 6.07) is 12.4. The molecule has 4 rings (SSSR count). The number of likely N-dealkylation sites (tertiary alicyclic amines) is 1. The summed E-state index contributed by atoms with van der Waals surface area (Å²) >= 11 is 3.31. The number of carbonyl (C=O) groups excluding carboxylic acids is 2. The van der Waals surface area contributed by atoms with Crippen LogP contribution in [0.2, 0.25) is 0 Å². The van der Waals surface area contributed by atoms with Gasteiger partial charge in [0.2, 0.25) is 0 Å².